The van der Waals surface area contributed by atoms with E-state index in [2.05, 4.69) is 10.6 Å². The minimum atomic E-state index is -0.711. The molecule has 156 valence electrons. The maximum Gasteiger partial charge on any atom is 0.408 e. The number of rotatable bonds is 10. The molecule has 0 radical (unpaired) electrons. The number of ketones is 1. The molecule has 28 heavy (non-hydrogen) atoms. The van der Waals surface area contributed by atoms with Crippen molar-refractivity contribution in [1.82, 2.24) is 10.6 Å². The number of alkyl carbamates (subject to hydrolysis) is 2. The lowest BCUT2D eigenvalue weighted by Gasteiger charge is -2.22. The number of ether oxygens (including phenoxy) is 2. The van der Waals surface area contributed by atoms with Gasteiger partial charge in [0.15, 0.2) is 5.78 Å². The summed E-state index contributed by atoms with van der Waals surface area (Å²) in [4.78, 5) is 35.4. The number of nitrogens with one attached hydrogen (secondary N) is 2. The van der Waals surface area contributed by atoms with Crippen LogP contribution in [0.1, 0.15) is 45.6 Å². The minimum absolute atomic E-state index is 0.190. The third kappa shape index (κ3) is 10.8. The summed E-state index contributed by atoms with van der Waals surface area (Å²) in [5.41, 5.74) is 0.260. The molecule has 0 aromatic heterocycles. The van der Waals surface area contributed by atoms with Gasteiger partial charge in [0.05, 0.1) is 11.9 Å². The Hall–Kier alpha value is -2.28. The van der Waals surface area contributed by atoms with Gasteiger partial charge in [-0.15, -0.1) is 11.6 Å². The summed E-state index contributed by atoms with van der Waals surface area (Å²) in [5.74, 6) is -0.465. The Morgan fingerprint density at radius 3 is 2.36 bits per heavy atom. The number of hydrogen-bond acceptors (Lipinski definition) is 5. The molecule has 7 nitrogen and oxygen atoms in total. The van der Waals surface area contributed by atoms with Gasteiger partial charge in [0.1, 0.15) is 12.2 Å². The van der Waals surface area contributed by atoms with Crippen LogP contribution in [-0.4, -0.2) is 42.0 Å². The third-order valence-electron chi connectivity index (χ3n) is 3.61. The van der Waals surface area contributed by atoms with Gasteiger partial charge in [-0.2, -0.15) is 0 Å². The molecule has 2 N–H and O–H groups in total. The van der Waals surface area contributed by atoms with Gasteiger partial charge in [0, 0.05) is 6.54 Å². The van der Waals surface area contributed by atoms with Gasteiger partial charge in [-0.3, -0.25) is 4.79 Å². The zero-order valence-corrected chi connectivity index (χ0v) is 17.4. The monoisotopic (exact) mass is 412 g/mol. The van der Waals surface area contributed by atoms with Gasteiger partial charge in [-0.1, -0.05) is 30.3 Å². The van der Waals surface area contributed by atoms with Crippen molar-refractivity contribution in [3.05, 3.63) is 35.9 Å². The molecule has 0 aliphatic carbocycles. The van der Waals surface area contributed by atoms with Crippen molar-refractivity contribution < 1.29 is 23.9 Å². The first kappa shape index (κ1) is 23.8. The van der Waals surface area contributed by atoms with Crippen LogP contribution in [-0.2, 0) is 20.9 Å². The zero-order chi connectivity index (χ0) is 21.0. The Balaban J connectivity index is 2.27. The molecular formula is C20H29ClN2O5. The lowest BCUT2D eigenvalue weighted by atomic mass is 10.1. The Labute approximate surface area is 171 Å². The predicted octanol–water partition coefficient (Wildman–Crippen LogP) is 3.78. The first-order valence-electron chi connectivity index (χ1n) is 9.24. The summed E-state index contributed by atoms with van der Waals surface area (Å²) in [6, 6.07) is 8.68. The molecule has 0 aliphatic heterocycles. The summed E-state index contributed by atoms with van der Waals surface area (Å²) >= 11 is 5.62. The van der Waals surface area contributed by atoms with E-state index in [4.69, 9.17) is 21.1 Å². The maximum absolute atomic E-state index is 11.9. The van der Waals surface area contributed by atoms with Gasteiger partial charge in [-0.25, -0.2) is 9.59 Å². The van der Waals surface area contributed by atoms with Crippen LogP contribution in [0.25, 0.3) is 0 Å². The number of amides is 2. The van der Waals surface area contributed by atoms with Crippen LogP contribution in [0.15, 0.2) is 30.3 Å². The highest BCUT2D eigenvalue weighted by Crippen LogP contribution is 2.09. The van der Waals surface area contributed by atoms with Gasteiger partial charge in [0.2, 0.25) is 0 Å². The molecule has 8 heteroatoms. The zero-order valence-electron chi connectivity index (χ0n) is 16.6. The molecule has 1 aromatic rings. The van der Waals surface area contributed by atoms with Gasteiger partial charge >= 0.3 is 12.2 Å². The minimum Gasteiger partial charge on any atom is -0.445 e. The van der Waals surface area contributed by atoms with E-state index < -0.39 is 23.8 Å². The van der Waals surface area contributed by atoms with E-state index in [1.165, 1.54) is 0 Å². The first-order valence-corrected chi connectivity index (χ1v) is 9.77. The van der Waals surface area contributed by atoms with Crippen molar-refractivity contribution in [2.24, 2.45) is 0 Å². The molecule has 0 bridgehead atoms. The highest BCUT2D eigenvalue weighted by Gasteiger charge is 2.23. The Morgan fingerprint density at radius 2 is 1.75 bits per heavy atom. The van der Waals surface area contributed by atoms with Crippen molar-refractivity contribution in [1.29, 1.82) is 0 Å². The highest BCUT2D eigenvalue weighted by molar-refractivity contribution is 6.28. The number of unbranched alkanes of at least 4 members (excludes halogenated alkanes) is 1. The van der Waals surface area contributed by atoms with E-state index in [9.17, 15) is 14.4 Å². The quantitative estimate of drug-likeness (QED) is 0.450. The summed E-state index contributed by atoms with van der Waals surface area (Å²) in [6.45, 7) is 5.84. The second-order valence-electron chi connectivity index (χ2n) is 7.28. The fourth-order valence-corrected chi connectivity index (χ4v) is 2.48. The molecule has 1 rings (SSSR count). The predicted molar refractivity (Wildman–Crippen MR) is 107 cm³/mol. The molecule has 2 amide bonds. The molecule has 0 aliphatic rings. The second-order valence-corrected chi connectivity index (χ2v) is 7.55. The largest absolute Gasteiger partial charge is 0.445 e. The van der Waals surface area contributed by atoms with Crippen LogP contribution in [0, 0.1) is 0 Å². The Kier molecular flexibility index (Phi) is 10.4. The van der Waals surface area contributed by atoms with Gasteiger partial charge in [0.25, 0.3) is 0 Å². The molecule has 0 spiro atoms. The Morgan fingerprint density at radius 1 is 1.07 bits per heavy atom. The van der Waals surface area contributed by atoms with Crippen LogP contribution in [0.4, 0.5) is 9.59 Å². The SMILES string of the molecule is CC(C)(C)OC(=O)N[C@@H](CCCCNC(=O)OCc1ccccc1)C(=O)CCl. The summed E-state index contributed by atoms with van der Waals surface area (Å²) in [7, 11) is 0. The van der Waals surface area contributed by atoms with Crippen LogP contribution in [0.2, 0.25) is 0 Å². The average Bonchev–Trinajstić information content (AvgIpc) is 2.63. The van der Waals surface area contributed by atoms with E-state index >= 15 is 0 Å². The molecule has 0 saturated carbocycles. The van der Waals surface area contributed by atoms with E-state index in [0.29, 0.717) is 25.8 Å². The lowest BCUT2D eigenvalue weighted by Crippen LogP contribution is -2.44. The number of hydrogen-bond donors (Lipinski definition) is 2. The molecule has 0 fully saturated rings. The second kappa shape index (κ2) is 12.2. The Bertz CT molecular complexity index is 631. The number of halogens is 1. The van der Waals surface area contributed by atoms with Crippen molar-refractivity contribution in [2.75, 3.05) is 12.4 Å². The van der Waals surface area contributed by atoms with Gasteiger partial charge in [-0.05, 0) is 45.6 Å². The van der Waals surface area contributed by atoms with Gasteiger partial charge < -0.3 is 20.1 Å². The summed E-state index contributed by atoms with van der Waals surface area (Å²) < 4.78 is 10.3. The van der Waals surface area contributed by atoms with Crippen LogP contribution in [0.5, 0.6) is 0 Å². The topological polar surface area (TPSA) is 93.7 Å². The number of benzene rings is 1. The summed E-state index contributed by atoms with van der Waals surface area (Å²) in [6.07, 6.45) is 0.499. The molecule has 1 aromatic carbocycles. The first-order chi connectivity index (χ1) is 13.2. The lowest BCUT2D eigenvalue weighted by molar-refractivity contribution is -0.118. The maximum atomic E-state index is 11.9. The number of Topliss-reactive ketones (excluding diaryl/α,β-unsaturated/α-hetero) is 1. The van der Waals surface area contributed by atoms with Crippen LogP contribution >= 0.6 is 11.6 Å². The van der Waals surface area contributed by atoms with Crippen LogP contribution < -0.4 is 10.6 Å². The van der Waals surface area contributed by atoms with E-state index in [-0.39, 0.29) is 18.3 Å². The normalized spacial score (nSPS) is 12.0. The third-order valence-corrected chi connectivity index (χ3v) is 3.88. The molecule has 0 heterocycles. The van der Waals surface area contributed by atoms with Crippen molar-refractivity contribution in [2.45, 2.75) is 58.3 Å². The summed E-state index contributed by atoms with van der Waals surface area (Å²) in [5, 5.41) is 5.21. The van der Waals surface area contributed by atoms with Crippen molar-refractivity contribution in [3.8, 4) is 0 Å². The average molecular weight is 413 g/mol. The number of alkyl halides is 1. The molecule has 0 unspecified atom stereocenters. The molecule has 0 saturated heterocycles. The fraction of sp³-hybridized carbons (Fsp3) is 0.550. The standard InChI is InChI=1S/C20H29ClN2O5/c1-20(2,3)28-19(26)23-16(17(24)13-21)11-7-8-12-22-18(25)27-14-15-9-5-4-6-10-15/h4-6,9-10,16H,7-8,11-14H2,1-3H3,(H,22,25)(H,23,26)/t16-/m0/s1. The van der Waals surface area contributed by atoms with E-state index in [1.807, 2.05) is 30.3 Å². The number of carbonyl (C=O) groups is 3. The van der Waals surface area contributed by atoms with E-state index in [1.54, 1.807) is 20.8 Å². The van der Waals surface area contributed by atoms with Crippen molar-refractivity contribution >= 4 is 29.6 Å². The highest BCUT2D eigenvalue weighted by atomic mass is 35.5. The fourth-order valence-electron chi connectivity index (χ4n) is 2.29. The smallest absolute Gasteiger partial charge is 0.408 e. The van der Waals surface area contributed by atoms with E-state index in [0.717, 1.165) is 5.56 Å². The van der Waals surface area contributed by atoms with Crippen molar-refractivity contribution in [3.63, 3.8) is 0 Å². The molecule has 1 atom stereocenters. The van der Waals surface area contributed by atoms with Crippen LogP contribution in [0.3, 0.4) is 0 Å². The number of carbonyl (C=O) groups excluding carboxylic acids is 3. The molecular weight excluding hydrogens is 384 g/mol.